The summed E-state index contributed by atoms with van der Waals surface area (Å²) in [7, 11) is 0. The number of aromatic nitrogens is 1. The SMILES string of the molecule is [Zn].[Zn].[c-]1ccccn1. The van der Waals surface area contributed by atoms with Crippen LogP contribution < -0.4 is 0 Å². The zero-order valence-electron chi connectivity index (χ0n) is 4.67. The van der Waals surface area contributed by atoms with Crippen LogP contribution in [0.15, 0.2) is 24.4 Å². The molecule has 0 spiro atoms. The van der Waals surface area contributed by atoms with Gasteiger partial charge in [-0.3, -0.25) is 0 Å². The van der Waals surface area contributed by atoms with Crippen LogP contribution in [0.5, 0.6) is 0 Å². The van der Waals surface area contributed by atoms with Crippen molar-refractivity contribution in [2.75, 3.05) is 0 Å². The molecular formula is C5H4NZn2-. The van der Waals surface area contributed by atoms with Gasteiger partial charge in [0.25, 0.3) is 0 Å². The molecule has 0 saturated carbocycles. The Balaban J connectivity index is 0. The second-order valence-electron chi connectivity index (χ2n) is 0.959. The summed E-state index contributed by atoms with van der Waals surface area (Å²) in [5, 5.41) is 0. The minimum absolute atomic E-state index is 0. The van der Waals surface area contributed by atoms with Crippen LogP contribution >= 0.6 is 0 Å². The van der Waals surface area contributed by atoms with Crippen molar-refractivity contribution in [2.45, 2.75) is 0 Å². The van der Waals surface area contributed by atoms with Crippen LogP contribution in [0.3, 0.4) is 0 Å². The van der Waals surface area contributed by atoms with Gasteiger partial charge in [0.2, 0.25) is 0 Å². The van der Waals surface area contributed by atoms with Crippen LogP contribution in [0.1, 0.15) is 0 Å². The summed E-state index contributed by atoms with van der Waals surface area (Å²) in [6, 6.07) is 5.50. The number of hydrogen-bond donors (Lipinski definition) is 0. The molecule has 0 amide bonds. The molecule has 0 N–H and O–H groups in total. The van der Waals surface area contributed by atoms with Crippen molar-refractivity contribution in [1.29, 1.82) is 0 Å². The zero-order chi connectivity index (χ0) is 4.24. The molecule has 0 aliphatic heterocycles. The van der Waals surface area contributed by atoms with Gasteiger partial charge in [0.05, 0.1) is 0 Å². The summed E-state index contributed by atoms with van der Waals surface area (Å²) in [4.78, 5) is 3.66. The molecule has 0 atom stereocenters. The first-order valence-electron chi connectivity index (χ1n) is 1.77. The van der Waals surface area contributed by atoms with E-state index < -0.39 is 0 Å². The average Bonchev–Trinajstić information content (AvgIpc) is 1.72. The number of pyridine rings is 1. The molecule has 3 heteroatoms. The molecule has 0 aromatic carbocycles. The molecule has 0 radical (unpaired) electrons. The predicted molar refractivity (Wildman–Crippen MR) is 23.1 cm³/mol. The fourth-order valence-corrected chi connectivity index (χ4v) is 0.277. The van der Waals surface area contributed by atoms with Gasteiger partial charge in [-0.2, -0.15) is 18.2 Å². The number of nitrogens with zero attached hydrogens (tertiary/aromatic N) is 1. The van der Waals surface area contributed by atoms with Crippen molar-refractivity contribution in [2.24, 2.45) is 0 Å². The van der Waals surface area contributed by atoms with Crippen molar-refractivity contribution >= 4 is 0 Å². The predicted octanol–water partition coefficient (Wildman–Crippen LogP) is 0.877. The molecule has 1 aromatic heterocycles. The van der Waals surface area contributed by atoms with E-state index in [0.29, 0.717) is 0 Å². The third kappa shape index (κ3) is 4.55. The van der Waals surface area contributed by atoms with Gasteiger partial charge in [-0.1, -0.05) is 12.4 Å². The smallest absolute Gasteiger partial charge is 0 e. The summed E-state index contributed by atoms with van der Waals surface area (Å²) in [5.41, 5.74) is 0. The second-order valence-corrected chi connectivity index (χ2v) is 0.959. The molecule has 0 fully saturated rings. The van der Waals surface area contributed by atoms with Crippen LogP contribution in [-0.2, 0) is 39.0 Å². The molecule has 8 heavy (non-hydrogen) atoms. The molecule has 0 bridgehead atoms. The van der Waals surface area contributed by atoms with Gasteiger partial charge in [0.15, 0.2) is 0 Å². The first kappa shape index (κ1) is 11.2. The van der Waals surface area contributed by atoms with Crippen molar-refractivity contribution in [3.05, 3.63) is 30.6 Å². The van der Waals surface area contributed by atoms with Crippen LogP contribution in [0.25, 0.3) is 0 Å². The molecule has 1 aromatic rings. The summed E-state index contributed by atoms with van der Waals surface area (Å²) in [6.45, 7) is 0. The normalized spacial score (nSPS) is 6.00. The summed E-state index contributed by atoms with van der Waals surface area (Å²) in [6.07, 6.45) is 4.34. The minimum Gasteiger partial charge on any atom is -0.394 e. The van der Waals surface area contributed by atoms with Gasteiger partial charge in [-0.05, 0) is 0 Å². The molecule has 1 heterocycles. The maximum absolute atomic E-state index is 3.66. The average molecular weight is 209 g/mol. The summed E-state index contributed by atoms with van der Waals surface area (Å²) < 4.78 is 0. The largest absolute Gasteiger partial charge is 0.394 e. The van der Waals surface area contributed by atoms with Crippen LogP contribution in [0.4, 0.5) is 0 Å². The van der Waals surface area contributed by atoms with Gasteiger partial charge >= 0.3 is 0 Å². The van der Waals surface area contributed by atoms with E-state index in [1.165, 1.54) is 0 Å². The van der Waals surface area contributed by atoms with Gasteiger partial charge in [0.1, 0.15) is 0 Å². The Kier molecular flexibility index (Phi) is 10.4. The Morgan fingerprint density at radius 2 is 1.88 bits per heavy atom. The van der Waals surface area contributed by atoms with E-state index in [4.69, 9.17) is 0 Å². The van der Waals surface area contributed by atoms with Crippen molar-refractivity contribution < 1.29 is 39.0 Å². The number of rotatable bonds is 0. The van der Waals surface area contributed by atoms with Crippen LogP contribution in [-0.4, -0.2) is 4.98 Å². The van der Waals surface area contributed by atoms with E-state index in [1.54, 1.807) is 12.3 Å². The van der Waals surface area contributed by atoms with E-state index in [1.807, 2.05) is 12.1 Å². The molecule has 0 aliphatic carbocycles. The maximum atomic E-state index is 3.66. The molecule has 1 nitrogen and oxygen atoms in total. The Labute approximate surface area is 74.4 Å². The Hall–Kier alpha value is 0.397. The van der Waals surface area contributed by atoms with E-state index >= 15 is 0 Å². The maximum Gasteiger partial charge on any atom is 0 e. The summed E-state index contributed by atoms with van der Waals surface area (Å²) >= 11 is 0. The molecule has 34 valence electrons. The van der Waals surface area contributed by atoms with E-state index in [9.17, 15) is 0 Å². The summed E-state index contributed by atoms with van der Waals surface area (Å²) in [5.74, 6) is 0. The molecule has 0 saturated heterocycles. The standard InChI is InChI=1S/C5H4N.2Zn/c1-2-4-6-5-3-1;;/h1-4H;;/q-1;;. The van der Waals surface area contributed by atoms with Crippen LogP contribution in [0, 0.1) is 6.20 Å². The van der Waals surface area contributed by atoms with Gasteiger partial charge in [0, 0.05) is 39.0 Å². The topological polar surface area (TPSA) is 12.9 Å². The fraction of sp³-hybridized carbons (Fsp3) is 0. The third-order valence-electron chi connectivity index (χ3n) is 0.517. The first-order valence-corrected chi connectivity index (χ1v) is 1.77. The minimum atomic E-state index is 0. The Morgan fingerprint density at radius 3 is 2.00 bits per heavy atom. The molecule has 0 aliphatic rings. The van der Waals surface area contributed by atoms with Crippen molar-refractivity contribution in [3.8, 4) is 0 Å². The number of hydrogen-bond acceptors (Lipinski definition) is 1. The van der Waals surface area contributed by atoms with E-state index in [2.05, 4.69) is 11.2 Å². The third-order valence-corrected chi connectivity index (χ3v) is 0.517. The Morgan fingerprint density at radius 1 is 1.12 bits per heavy atom. The van der Waals surface area contributed by atoms with Gasteiger partial charge in [-0.15, -0.1) is 0 Å². The van der Waals surface area contributed by atoms with Crippen molar-refractivity contribution in [1.82, 2.24) is 4.98 Å². The fourth-order valence-electron chi connectivity index (χ4n) is 0.277. The van der Waals surface area contributed by atoms with E-state index in [0.717, 1.165) is 0 Å². The van der Waals surface area contributed by atoms with Crippen LogP contribution in [0.2, 0.25) is 0 Å². The zero-order valence-corrected chi connectivity index (χ0v) is 10.6. The van der Waals surface area contributed by atoms with E-state index in [-0.39, 0.29) is 39.0 Å². The first-order chi connectivity index (χ1) is 3.00. The quantitative estimate of drug-likeness (QED) is 0.456. The monoisotopic (exact) mass is 206 g/mol. The van der Waals surface area contributed by atoms with Gasteiger partial charge in [-0.25, -0.2) is 0 Å². The van der Waals surface area contributed by atoms with Crippen molar-refractivity contribution in [3.63, 3.8) is 0 Å². The second kappa shape index (κ2) is 7.40. The molecule has 1 rings (SSSR count). The molecule has 0 unspecified atom stereocenters. The molecular weight excluding hydrogens is 205 g/mol. The van der Waals surface area contributed by atoms with Gasteiger partial charge < -0.3 is 4.98 Å². The Bertz CT molecular complexity index is 82.4.